The highest BCUT2D eigenvalue weighted by Gasteiger charge is 2.62. The SMILES string of the molecule is C=C[C@@H]1C[C@]1(NC(=O)[C@@H]1C[C@@H](Oc2ncc(OC)c3ccc(Cl)cc23)CN1C(=O)[C@@H](N=C(N)OC(C)(C)C)C(C)C)C(=O)NS(=O)(=O)C1CC1. The normalized spacial score (nSPS) is 24.4. The van der Waals surface area contributed by atoms with Crippen molar-refractivity contribution in [2.24, 2.45) is 22.6 Å². The number of pyridine rings is 1. The van der Waals surface area contributed by atoms with Gasteiger partial charge in [-0.15, -0.1) is 6.58 Å². The van der Waals surface area contributed by atoms with Crippen molar-refractivity contribution in [3.8, 4) is 11.6 Å². The van der Waals surface area contributed by atoms with E-state index in [2.05, 4.69) is 26.6 Å². The highest BCUT2D eigenvalue weighted by molar-refractivity contribution is 7.91. The molecule has 272 valence electrons. The number of ether oxygens (including phenoxy) is 3. The summed E-state index contributed by atoms with van der Waals surface area (Å²) in [7, 11) is -2.37. The van der Waals surface area contributed by atoms with Gasteiger partial charge in [0, 0.05) is 28.1 Å². The zero-order chi connectivity index (χ0) is 36.8. The van der Waals surface area contributed by atoms with Crippen LogP contribution in [0.15, 0.2) is 42.0 Å². The third-order valence-corrected chi connectivity index (χ3v) is 11.0. The molecular weight excluding hydrogens is 688 g/mol. The van der Waals surface area contributed by atoms with Gasteiger partial charge in [-0.25, -0.2) is 18.4 Å². The molecule has 2 aromatic rings. The van der Waals surface area contributed by atoms with Crippen LogP contribution < -0.4 is 25.2 Å². The number of carbonyl (C=O) groups is 3. The maximum absolute atomic E-state index is 14.3. The summed E-state index contributed by atoms with van der Waals surface area (Å²) in [6, 6.07) is 2.85. The summed E-state index contributed by atoms with van der Waals surface area (Å²) in [5, 5.41) is 3.86. The molecule has 4 N–H and O–H groups in total. The Balaban J connectivity index is 1.46. The quantitative estimate of drug-likeness (QED) is 0.166. The van der Waals surface area contributed by atoms with E-state index in [1.807, 2.05) is 0 Å². The van der Waals surface area contributed by atoms with Crippen LogP contribution in [-0.2, 0) is 29.1 Å². The van der Waals surface area contributed by atoms with Crippen LogP contribution in [0.2, 0.25) is 5.02 Å². The van der Waals surface area contributed by atoms with Gasteiger partial charge in [0.2, 0.25) is 27.7 Å². The van der Waals surface area contributed by atoms with Gasteiger partial charge < -0.3 is 30.2 Å². The minimum atomic E-state index is -3.89. The van der Waals surface area contributed by atoms with Crippen molar-refractivity contribution < 1.29 is 37.0 Å². The average molecular weight is 733 g/mol. The lowest BCUT2D eigenvalue weighted by atomic mass is 10.0. The number of fused-ring (bicyclic) bond motifs is 1. The van der Waals surface area contributed by atoms with E-state index >= 15 is 0 Å². The van der Waals surface area contributed by atoms with Gasteiger partial charge in [-0.3, -0.25) is 19.1 Å². The second-order valence-corrected chi connectivity index (χ2v) is 16.8. The minimum Gasteiger partial charge on any atom is -0.494 e. The fourth-order valence-corrected chi connectivity index (χ4v) is 7.65. The summed E-state index contributed by atoms with van der Waals surface area (Å²) < 4.78 is 45.0. The molecule has 50 heavy (non-hydrogen) atoms. The van der Waals surface area contributed by atoms with Crippen LogP contribution in [0.5, 0.6) is 11.6 Å². The number of benzene rings is 1. The summed E-state index contributed by atoms with van der Waals surface area (Å²) in [5.74, 6) is -2.14. The van der Waals surface area contributed by atoms with Gasteiger partial charge in [0.15, 0.2) is 0 Å². The number of nitrogens with two attached hydrogens (primary N) is 1. The molecule has 0 spiro atoms. The van der Waals surface area contributed by atoms with Gasteiger partial charge in [0.25, 0.3) is 11.9 Å². The first-order valence-electron chi connectivity index (χ1n) is 16.5. The van der Waals surface area contributed by atoms with Crippen LogP contribution in [0.3, 0.4) is 0 Å². The minimum absolute atomic E-state index is 0.0205. The molecule has 3 fully saturated rings. The standard InChI is InChI=1S/C34H45ClN6O8S/c1-8-19-15-34(19,31(44)40-50(45,46)22-10-11-22)39-28(42)25-14-21(48-29-24-13-20(35)9-12-23(24)26(47-7)16-37-29)17-41(25)30(43)27(18(2)3)38-32(36)49-33(4,5)6/h8-9,12-13,16,18-19,21-22,25,27H,1,10-11,14-15,17H2,2-7H3,(H2,36,38)(H,39,42)(H,40,44)/t19-,21-,25+,27+,34-/m1/s1. The topological polar surface area (TPSA) is 192 Å². The van der Waals surface area contributed by atoms with Gasteiger partial charge >= 0.3 is 0 Å². The number of nitrogens with zero attached hydrogens (tertiary/aromatic N) is 3. The van der Waals surface area contributed by atoms with Crippen LogP contribution in [0.25, 0.3) is 10.8 Å². The molecule has 2 saturated carbocycles. The van der Waals surface area contributed by atoms with E-state index in [0.717, 1.165) is 0 Å². The molecule has 5 rings (SSSR count). The van der Waals surface area contributed by atoms with Crippen molar-refractivity contribution in [1.29, 1.82) is 0 Å². The Labute approximate surface area is 297 Å². The molecule has 3 amide bonds. The van der Waals surface area contributed by atoms with E-state index in [1.165, 1.54) is 24.3 Å². The summed E-state index contributed by atoms with van der Waals surface area (Å²) in [5.41, 5.74) is 3.89. The first-order valence-corrected chi connectivity index (χ1v) is 18.4. The maximum atomic E-state index is 14.3. The molecule has 1 saturated heterocycles. The van der Waals surface area contributed by atoms with E-state index < -0.39 is 68.2 Å². The summed E-state index contributed by atoms with van der Waals surface area (Å²) in [6.45, 7) is 12.7. The molecule has 2 heterocycles. The molecule has 1 aromatic heterocycles. The Morgan fingerprint density at radius 2 is 1.92 bits per heavy atom. The van der Waals surface area contributed by atoms with E-state index in [0.29, 0.717) is 34.4 Å². The van der Waals surface area contributed by atoms with Crippen LogP contribution in [0.4, 0.5) is 0 Å². The number of hydrogen-bond donors (Lipinski definition) is 3. The number of halogens is 1. The molecule has 3 aliphatic rings. The number of nitrogens with one attached hydrogen (secondary N) is 2. The Morgan fingerprint density at radius 3 is 2.50 bits per heavy atom. The van der Waals surface area contributed by atoms with Crippen molar-refractivity contribution in [2.75, 3.05) is 13.7 Å². The van der Waals surface area contributed by atoms with Crippen LogP contribution in [0, 0.1) is 11.8 Å². The van der Waals surface area contributed by atoms with E-state index in [9.17, 15) is 22.8 Å². The molecular formula is C34H45ClN6O8S. The third kappa shape index (κ3) is 7.93. The lowest BCUT2D eigenvalue weighted by molar-refractivity contribution is -0.141. The van der Waals surface area contributed by atoms with Gasteiger partial charge in [-0.1, -0.05) is 31.5 Å². The molecule has 1 aliphatic heterocycles. The van der Waals surface area contributed by atoms with E-state index in [4.69, 9.17) is 31.5 Å². The number of methoxy groups -OCH3 is 1. The molecule has 14 nitrogen and oxygen atoms in total. The Morgan fingerprint density at radius 1 is 1.22 bits per heavy atom. The molecule has 5 atom stereocenters. The van der Waals surface area contributed by atoms with Crippen molar-refractivity contribution >= 4 is 56.1 Å². The lowest BCUT2D eigenvalue weighted by Crippen LogP contribution is -2.57. The fourth-order valence-electron chi connectivity index (χ4n) is 6.11. The van der Waals surface area contributed by atoms with Gasteiger partial charge in [-0.2, -0.15) is 0 Å². The van der Waals surface area contributed by atoms with Crippen molar-refractivity contribution in [3.63, 3.8) is 0 Å². The lowest BCUT2D eigenvalue weighted by Gasteiger charge is -2.30. The smallest absolute Gasteiger partial charge is 0.283 e. The van der Waals surface area contributed by atoms with Crippen LogP contribution in [-0.4, -0.2) is 90.3 Å². The molecule has 16 heteroatoms. The second-order valence-electron chi connectivity index (χ2n) is 14.4. The van der Waals surface area contributed by atoms with Crippen molar-refractivity contribution in [1.82, 2.24) is 19.9 Å². The van der Waals surface area contributed by atoms with Crippen molar-refractivity contribution in [3.05, 3.63) is 42.1 Å². The monoisotopic (exact) mass is 732 g/mol. The van der Waals surface area contributed by atoms with Gasteiger partial charge in [-0.05, 0) is 64.2 Å². The zero-order valence-electron chi connectivity index (χ0n) is 29.1. The summed E-state index contributed by atoms with van der Waals surface area (Å²) in [4.78, 5) is 52.1. The first-order chi connectivity index (χ1) is 23.4. The van der Waals surface area contributed by atoms with E-state index in [1.54, 1.807) is 52.8 Å². The largest absolute Gasteiger partial charge is 0.494 e. The maximum Gasteiger partial charge on any atom is 0.283 e. The van der Waals surface area contributed by atoms with Gasteiger partial charge in [0.05, 0.1) is 25.1 Å². The van der Waals surface area contributed by atoms with Crippen LogP contribution >= 0.6 is 11.6 Å². The predicted octanol–water partition coefficient (Wildman–Crippen LogP) is 3.07. The average Bonchev–Trinajstić information content (AvgIpc) is 3.95. The number of rotatable bonds is 12. The predicted molar refractivity (Wildman–Crippen MR) is 188 cm³/mol. The Kier molecular flexibility index (Phi) is 10.3. The molecule has 0 bridgehead atoms. The number of likely N-dealkylation sites (tertiary alicyclic amines) is 1. The highest BCUT2D eigenvalue weighted by Crippen LogP contribution is 2.45. The zero-order valence-corrected chi connectivity index (χ0v) is 30.6. The first kappa shape index (κ1) is 37.2. The molecule has 0 radical (unpaired) electrons. The second kappa shape index (κ2) is 13.9. The fraction of sp³-hybridized carbons (Fsp3) is 0.559. The summed E-state index contributed by atoms with van der Waals surface area (Å²) in [6.07, 6.45) is 3.37. The Hall–Kier alpha value is -4.11. The Bertz CT molecular complexity index is 1830. The van der Waals surface area contributed by atoms with Crippen LogP contribution in [0.1, 0.15) is 60.3 Å². The number of hydrogen-bond acceptors (Lipinski definition) is 10. The van der Waals surface area contributed by atoms with Crippen molar-refractivity contribution in [2.45, 2.75) is 94.9 Å². The summed E-state index contributed by atoms with van der Waals surface area (Å²) >= 11 is 6.32. The molecule has 2 aliphatic carbocycles. The molecule has 1 aromatic carbocycles. The van der Waals surface area contributed by atoms with Gasteiger partial charge in [0.1, 0.15) is 35.1 Å². The number of amidine groups is 1. The number of carbonyl (C=O) groups excluding carboxylic acids is 3. The third-order valence-electron chi connectivity index (χ3n) is 8.93. The number of amides is 3. The number of aliphatic imine (C=N–C) groups is 1. The number of sulfonamides is 1. The highest BCUT2D eigenvalue weighted by atomic mass is 35.5. The number of aromatic nitrogens is 1. The molecule has 0 unspecified atom stereocenters. The van der Waals surface area contributed by atoms with E-state index in [-0.39, 0.29) is 37.2 Å².